The lowest BCUT2D eigenvalue weighted by Crippen LogP contribution is -2.19. The van der Waals surface area contributed by atoms with Crippen molar-refractivity contribution in [3.05, 3.63) is 36.3 Å². The Bertz CT molecular complexity index is 515. The summed E-state index contributed by atoms with van der Waals surface area (Å²) in [6.07, 6.45) is 1.66. The predicted molar refractivity (Wildman–Crippen MR) is 60.5 cm³/mol. The predicted octanol–water partition coefficient (Wildman–Crippen LogP) is 1.09. The van der Waals surface area contributed by atoms with Crippen LogP contribution in [0.5, 0.6) is 0 Å². The fourth-order valence-corrected chi connectivity index (χ4v) is 1.37. The van der Waals surface area contributed by atoms with Crippen molar-refractivity contribution >= 4 is 29.4 Å². The Morgan fingerprint density at radius 2 is 2.13 bits per heavy atom. The van der Waals surface area contributed by atoms with Crippen molar-refractivity contribution in [3.8, 4) is 0 Å². The molecule has 1 heterocycles. The van der Waals surface area contributed by atoms with E-state index in [4.69, 9.17) is 5.73 Å². The van der Waals surface area contributed by atoms with Crippen LogP contribution in [-0.2, 0) is 4.79 Å². The summed E-state index contributed by atoms with van der Waals surface area (Å²) in [7, 11) is 0. The van der Waals surface area contributed by atoms with Crippen molar-refractivity contribution < 1.29 is 4.79 Å². The van der Waals surface area contributed by atoms with Gasteiger partial charge in [-0.2, -0.15) is 12.6 Å². The molecular formula is C10H9N3OS. The van der Waals surface area contributed by atoms with Crippen molar-refractivity contribution in [3.63, 3.8) is 0 Å². The van der Waals surface area contributed by atoms with Gasteiger partial charge in [-0.3, -0.25) is 4.79 Å². The molecule has 1 aromatic carbocycles. The van der Waals surface area contributed by atoms with E-state index in [9.17, 15) is 4.79 Å². The zero-order valence-electron chi connectivity index (χ0n) is 7.79. The number of benzene rings is 1. The van der Waals surface area contributed by atoms with Gasteiger partial charge in [0.2, 0.25) is 5.91 Å². The Morgan fingerprint density at radius 3 is 2.87 bits per heavy atom. The van der Waals surface area contributed by atoms with Gasteiger partial charge < -0.3 is 5.73 Å². The van der Waals surface area contributed by atoms with E-state index in [1.54, 1.807) is 6.20 Å². The number of para-hydroxylation sites is 1. The summed E-state index contributed by atoms with van der Waals surface area (Å²) in [5, 5.41) is 0.167. The molecule has 1 aromatic heterocycles. The molecule has 15 heavy (non-hydrogen) atoms. The molecule has 0 aliphatic heterocycles. The second kappa shape index (κ2) is 3.86. The van der Waals surface area contributed by atoms with E-state index in [0.717, 1.165) is 10.9 Å². The highest BCUT2D eigenvalue weighted by atomic mass is 32.1. The Labute approximate surface area is 91.9 Å². The highest BCUT2D eigenvalue weighted by molar-refractivity contribution is 7.81. The third-order valence-corrected chi connectivity index (χ3v) is 2.51. The monoisotopic (exact) mass is 219 g/mol. The lowest BCUT2D eigenvalue weighted by molar-refractivity contribution is -0.117. The maximum atomic E-state index is 10.9. The van der Waals surface area contributed by atoms with Gasteiger partial charge in [0.1, 0.15) is 5.25 Å². The largest absolute Gasteiger partial charge is 0.368 e. The van der Waals surface area contributed by atoms with Crippen molar-refractivity contribution in [2.24, 2.45) is 5.73 Å². The molecule has 0 bridgehead atoms. The summed E-state index contributed by atoms with van der Waals surface area (Å²) in [5.41, 5.74) is 5.90. The van der Waals surface area contributed by atoms with E-state index < -0.39 is 11.2 Å². The Kier molecular flexibility index (Phi) is 2.55. The van der Waals surface area contributed by atoms with Crippen molar-refractivity contribution in [1.29, 1.82) is 0 Å². The van der Waals surface area contributed by atoms with Crippen LogP contribution in [0, 0.1) is 0 Å². The lowest BCUT2D eigenvalue weighted by Gasteiger charge is -2.05. The maximum absolute atomic E-state index is 10.9. The molecule has 1 unspecified atom stereocenters. The Morgan fingerprint density at radius 1 is 1.40 bits per heavy atom. The van der Waals surface area contributed by atoms with E-state index >= 15 is 0 Å². The summed E-state index contributed by atoms with van der Waals surface area (Å²) >= 11 is 4.04. The number of amides is 1. The van der Waals surface area contributed by atoms with Crippen molar-refractivity contribution in [2.45, 2.75) is 5.25 Å². The fraction of sp³-hybridized carbons (Fsp3) is 0.100. The molecule has 2 aromatic rings. The third-order valence-electron chi connectivity index (χ3n) is 2.02. The number of carbonyl (C=O) groups is 1. The van der Waals surface area contributed by atoms with Crippen LogP contribution in [0.4, 0.5) is 0 Å². The minimum Gasteiger partial charge on any atom is -0.368 e. The van der Waals surface area contributed by atoms with Gasteiger partial charge in [0, 0.05) is 11.6 Å². The molecule has 0 saturated heterocycles. The molecular weight excluding hydrogens is 210 g/mol. The van der Waals surface area contributed by atoms with E-state index in [2.05, 4.69) is 22.6 Å². The normalized spacial score (nSPS) is 12.6. The molecule has 0 saturated carbocycles. The second-order valence-electron chi connectivity index (χ2n) is 3.09. The van der Waals surface area contributed by atoms with E-state index in [0.29, 0.717) is 5.82 Å². The number of fused-ring (bicyclic) bond motifs is 1. The first-order valence-corrected chi connectivity index (χ1v) is 4.89. The molecule has 4 nitrogen and oxygen atoms in total. The van der Waals surface area contributed by atoms with Crippen LogP contribution in [0.3, 0.4) is 0 Å². The van der Waals surface area contributed by atoms with Gasteiger partial charge >= 0.3 is 0 Å². The molecule has 0 spiro atoms. The van der Waals surface area contributed by atoms with Crippen LogP contribution in [0.1, 0.15) is 11.1 Å². The zero-order chi connectivity index (χ0) is 10.8. The highest BCUT2D eigenvalue weighted by Crippen LogP contribution is 2.17. The number of hydrogen-bond donors (Lipinski definition) is 2. The molecule has 2 rings (SSSR count). The summed E-state index contributed by atoms with van der Waals surface area (Å²) < 4.78 is 0. The maximum Gasteiger partial charge on any atom is 0.238 e. The third kappa shape index (κ3) is 1.92. The smallest absolute Gasteiger partial charge is 0.238 e. The van der Waals surface area contributed by atoms with E-state index in [1.165, 1.54) is 0 Å². The highest BCUT2D eigenvalue weighted by Gasteiger charge is 2.15. The number of primary amides is 1. The van der Waals surface area contributed by atoms with E-state index in [1.807, 2.05) is 24.3 Å². The first kappa shape index (κ1) is 9.92. The van der Waals surface area contributed by atoms with E-state index in [-0.39, 0.29) is 0 Å². The SMILES string of the molecule is NC(=O)C(S)c1ncc2ccccc2n1. The van der Waals surface area contributed by atoms with Crippen molar-refractivity contribution in [1.82, 2.24) is 9.97 Å². The van der Waals surface area contributed by atoms with Crippen LogP contribution in [0.25, 0.3) is 10.9 Å². The Balaban J connectivity index is 2.51. The number of nitrogens with two attached hydrogens (primary N) is 1. The van der Waals surface area contributed by atoms with Crippen LogP contribution in [-0.4, -0.2) is 15.9 Å². The molecule has 1 amide bonds. The summed E-state index contributed by atoms with van der Waals surface area (Å²) in [5.74, 6) is -0.210. The van der Waals surface area contributed by atoms with Gasteiger partial charge in [-0.1, -0.05) is 18.2 Å². The number of thiol groups is 1. The molecule has 2 N–H and O–H groups in total. The number of nitrogens with zero attached hydrogens (tertiary/aromatic N) is 2. The Hall–Kier alpha value is -1.62. The van der Waals surface area contributed by atoms with Gasteiger partial charge in [-0.05, 0) is 6.07 Å². The van der Waals surface area contributed by atoms with Gasteiger partial charge in [-0.15, -0.1) is 0 Å². The standard InChI is InChI=1S/C10H9N3OS/c11-9(14)8(15)10-12-5-6-3-1-2-4-7(6)13-10/h1-5,8,15H,(H2,11,14). The number of aromatic nitrogens is 2. The summed E-state index contributed by atoms with van der Waals surface area (Å²) in [4.78, 5) is 19.1. The first-order chi connectivity index (χ1) is 7.18. The fourth-order valence-electron chi connectivity index (χ4n) is 1.25. The minimum atomic E-state index is -0.755. The molecule has 5 heteroatoms. The molecule has 1 atom stereocenters. The van der Waals surface area contributed by atoms with Gasteiger partial charge in [0.25, 0.3) is 0 Å². The molecule has 0 fully saturated rings. The van der Waals surface area contributed by atoms with Gasteiger partial charge in [0.15, 0.2) is 5.82 Å². The summed E-state index contributed by atoms with van der Waals surface area (Å²) in [6, 6.07) is 7.52. The molecule has 76 valence electrons. The average Bonchev–Trinajstić information content (AvgIpc) is 2.27. The second-order valence-corrected chi connectivity index (χ2v) is 3.61. The molecule has 0 radical (unpaired) electrons. The number of rotatable bonds is 2. The van der Waals surface area contributed by atoms with Crippen LogP contribution in [0.15, 0.2) is 30.5 Å². The minimum absolute atomic E-state index is 0.338. The molecule has 0 aliphatic carbocycles. The van der Waals surface area contributed by atoms with Crippen LogP contribution >= 0.6 is 12.6 Å². The topological polar surface area (TPSA) is 68.9 Å². The number of hydrogen-bond acceptors (Lipinski definition) is 4. The summed E-state index contributed by atoms with van der Waals surface area (Å²) in [6.45, 7) is 0. The number of carbonyl (C=O) groups excluding carboxylic acids is 1. The molecule has 0 aliphatic rings. The lowest BCUT2D eigenvalue weighted by atomic mass is 10.2. The van der Waals surface area contributed by atoms with Crippen molar-refractivity contribution in [2.75, 3.05) is 0 Å². The first-order valence-electron chi connectivity index (χ1n) is 4.37. The van der Waals surface area contributed by atoms with Gasteiger partial charge in [0.05, 0.1) is 5.52 Å². The van der Waals surface area contributed by atoms with Gasteiger partial charge in [-0.25, -0.2) is 9.97 Å². The zero-order valence-corrected chi connectivity index (χ0v) is 8.69. The average molecular weight is 219 g/mol. The van der Waals surface area contributed by atoms with Crippen LogP contribution in [0.2, 0.25) is 0 Å². The quantitative estimate of drug-likeness (QED) is 0.743. The van der Waals surface area contributed by atoms with Crippen LogP contribution < -0.4 is 5.73 Å².